The second-order valence-corrected chi connectivity index (χ2v) is 7.85. The molecular formula is C12H24N2O2S. The Hall–Kier alpha value is -0.130. The first-order valence-corrected chi connectivity index (χ1v) is 8.48. The van der Waals surface area contributed by atoms with Gasteiger partial charge in [0.2, 0.25) is 0 Å². The Morgan fingerprint density at radius 2 is 2.12 bits per heavy atom. The Labute approximate surface area is 104 Å². The zero-order chi connectivity index (χ0) is 12.5. The first-order chi connectivity index (χ1) is 7.99. The Kier molecular flexibility index (Phi) is 3.80. The minimum atomic E-state index is -2.87. The Balaban J connectivity index is 2.22. The molecule has 2 saturated heterocycles. The molecule has 2 unspecified atom stereocenters. The van der Waals surface area contributed by atoms with Crippen LogP contribution in [0.5, 0.6) is 0 Å². The largest absolute Gasteiger partial charge is 0.329 e. The van der Waals surface area contributed by atoms with Gasteiger partial charge >= 0.3 is 0 Å². The molecule has 0 spiro atoms. The van der Waals surface area contributed by atoms with Crippen molar-refractivity contribution < 1.29 is 8.42 Å². The van der Waals surface area contributed by atoms with Crippen LogP contribution in [0, 0.1) is 0 Å². The second-order valence-electron chi connectivity index (χ2n) is 5.66. The molecule has 2 rings (SSSR count). The van der Waals surface area contributed by atoms with Crippen LogP contribution in [0.15, 0.2) is 0 Å². The lowest BCUT2D eigenvalue weighted by atomic mass is 9.94. The standard InChI is InChI=1S/C12H24N2O2S/c1-11-5-3-2-4-7-14(11)12(9-13)6-8-17(15,16)10-12/h11H,2-10,13H2,1H3. The maximum Gasteiger partial charge on any atom is 0.152 e. The predicted octanol–water partition coefficient (Wildman–Crippen LogP) is 0.767. The summed E-state index contributed by atoms with van der Waals surface area (Å²) in [7, 11) is -2.87. The van der Waals surface area contributed by atoms with Gasteiger partial charge in [-0.3, -0.25) is 4.90 Å². The van der Waals surface area contributed by atoms with Crippen LogP contribution in [-0.2, 0) is 9.84 Å². The topological polar surface area (TPSA) is 63.4 Å². The number of rotatable bonds is 2. The summed E-state index contributed by atoms with van der Waals surface area (Å²) in [4.78, 5) is 2.39. The molecule has 2 fully saturated rings. The smallest absolute Gasteiger partial charge is 0.152 e. The first-order valence-electron chi connectivity index (χ1n) is 6.66. The van der Waals surface area contributed by atoms with Gasteiger partial charge in [-0.2, -0.15) is 0 Å². The SMILES string of the molecule is CC1CCCCCN1C1(CN)CCS(=O)(=O)C1. The monoisotopic (exact) mass is 260 g/mol. The summed E-state index contributed by atoms with van der Waals surface area (Å²) in [6.07, 6.45) is 5.57. The minimum Gasteiger partial charge on any atom is -0.329 e. The fourth-order valence-corrected chi connectivity index (χ4v) is 5.47. The minimum absolute atomic E-state index is 0.265. The Morgan fingerprint density at radius 1 is 1.35 bits per heavy atom. The van der Waals surface area contributed by atoms with Gasteiger partial charge in [0.05, 0.1) is 11.5 Å². The molecule has 0 aromatic carbocycles. The van der Waals surface area contributed by atoms with E-state index in [1.807, 2.05) is 0 Å². The molecule has 4 nitrogen and oxygen atoms in total. The highest BCUT2D eigenvalue weighted by Gasteiger charge is 2.46. The van der Waals surface area contributed by atoms with Gasteiger partial charge in [0, 0.05) is 18.1 Å². The summed E-state index contributed by atoms with van der Waals surface area (Å²) in [5.41, 5.74) is 5.65. The van der Waals surface area contributed by atoms with E-state index in [2.05, 4.69) is 11.8 Å². The number of likely N-dealkylation sites (tertiary alicyclic amines) is 1. The molecule has 0 aromatic rings. The third kappa shape index (κ3) is 2.66. The molecule has 0 aliphatic carbocycles. The van der Waals surface area contributed by atoms with E-state index in [1.54, 1.807) is 0 Å². The quantitative estimate of drug-likeness (QED) is 0.796. The summed E-state index contributed by atoms with van der Waals surface area (Å²) in [6.45, 7) is 3.69. The van der Waals surface area contributed by atoms with Crippen LogP contribution >= 0.6 is 0 Å². The number of nitrogens with zero attached hydrogens (tertiary/aromatic N) is 1. The molecule has 2 N–H and O–H groups in total. The van der Waals surface area contributed by atoms with E-state index in [9.17, 15) is 8.42 Å². The van der Waals surface area contributed by atoms with Crippen molar-refractivity contribution in [3.05, 3.63) is 0 Å². The van der Waals surface area contributed by atoms with Gasteiger partial charge in [0.15, 0.2) is 9.84 Å². The van der Waals surface area contributed by atoms with E-state index in [1.165, 1.54) is 25.7 Å². The summed E-state index contributed by atoms with van der Waals surface area (Å²) < 4.78 is 23.5. The molecule has 2 aliphatic heterocycles. The fraction of sp³-hybridized carbons (Fsp3) is 1.00. The van der Waals surface area contributed by atoms with Crippen molar-refractivity contribution in [3.63, 3.8) is 0 Å². The third-order valence-corrected chi connectivity index (χ3v) is 6.21. The van der Waals surface area contributed by atoms with Crippen molar-refractivity contribution in [2.45, 2.75) is 50.6 Å². The number of nitrogens with two attached hydrogens (primary N) is 1. The third-order valence-electron chi connectivity index (χ3n) is 4.41. The predicted molar refractivity (Wildman–Crippen MR) is 69.7 cm³/mol. The second kappa shape index (κ2) is 4.86. The van der Waals surface area contributed by atoms with Gasteiger partial charge in [0.25, 0.3) is 0 Å². The van der Waals surface area contributed by atoms with Gasteiger partial charge < -0.3 is 5.73 Å². The van der Waals surface area contributed by atoms with Crippen LogP contribution in [-0.4, -0.2) is 49.5 Å². The number of hydrogen-bond acceptors (Lipinski definition) is 4. The average molecular weight is 260 g/mol. The molecule has 2 aliphatic rings. The van der Waals surface area contributed by atoms with Gasteiger partial charge in [0.1, 0.15) is 0 Å². The van der Waals surface area contributed by atoms with Crippen LogP contribution in [0.4, 0.5) is 0 Å². The van der Waals surface area contributed by atoms with Crippen LogP contribution in [0.2, 0.25) is 0 Å². The molecule has 0 bridgehead atoms. The first kappa shape index (κ1) is 13.3. The zero-order valence-corrected chi connectivity index (χ0v) is 11.5. The van der Waals surface area contributed by atoms with Crippen LogP contribution < -0.4 is 5.73 Å². The van der Waals surface area contributed by atoms with Gasteiger partial charge in [-0.25, -0.2) is 8.42 Å². The highest BCUT2D eigenvalue weighted by molar-refractivity contribution is 7.91. The highest BCUT2D eigenvalue weighted by atomic mass is 32.2. The lowest BCUT2D eigenvalue weighted by molar-refractivity contribution is 0.0766. The maximum absolute atomic E-state index is 11.8. The Morgan fingerprint density at radius 3 is 2.71 bits per heavy atom. The summed E-state index contributed by atoms with van der Waals surface area (Å²) in [5, 5.41) is 0. The summed E-state index contributed by atoms with van der Waals surface area (Å²) in [6, 6.07) is 0.467. The van der Waals surface area contributed by atoms with Crippen LogP contribution in [0.1, 0.15) is 39.0 Å². The number of hydrogen-bond donors (Lipinski definition) is 1. The van der Waals surface area contributed by atoms with E-state index in [0.717, 1.165) is 13.0 Å². The molecule has 2 atom stereocenters. The van der Waals surface area contributed by atoms with E-state index in [-0.39, 0.29) is 11.3 Å². The lowest BCUT2D eigenvalue weighted by Gasteiger charge is -2.43. The van der Waals surface area contributed by atoms with Crippen molar-refractivity contribution in [2.24, 2.45) is 5.73 Å². The molecule has 0 radical (unpaired) electrons. The molecule has 100 valence electrons. The van der Waals surface area contributed by atoms with E-state index < -0.39 is 9.84 Å². The molecule has 5 heteroatoms. The van der Waals surface area contributed by atoms with Crippen molar-refractivity contribution in [1.29, 1.82) is 0 Å². The summed E-state index contributed by atoms with van der Waals surface area (Å²) >= 11 is 0. The van der Waals surface area contributed by atoms with Crippen LogP contribution in [0.25, 0.3) is 0 Å². The lowest BCUT2D eigenvalue weighted by Crippen LogP contribution is -2.58. The van der Waals surface area contributed by atoms with Gasteiger partial charge in [-0.1, -0.05) is 12.8 Å². The van der Waals surface area contributed by atoms with E-state index in [4.69, 9.17) is 5.73 Å². The summed E-state index contributed by atoms with van der Waals surface area (Å²) in [5.74, 6) is 0.578. The molecule has 0 aromatic heterocycles. The maximum atomic E-state index is 11.8. The van der Waals surface area contributed by atoms with Crippen molar-refractivity contribution in [3.8, 4) is 0 Å². The fourth-order valence-electron chi connectivity index (χ4n) is 3.38. The number of sulfone groups is 1. The van der Waals surface area contributed by atoms with E-state index >= 15 is 0 Å². The zero-order valence-electron chi connectivity index (χ0n) is 10.7. The molecule has 0 saturated carbocycles. The van der Waals surface area contributed by atoms with Crippen LogP contribution in [0.3, 0.4) is 0 Å². The molecular weight excluding hydrogens is 236 g/mol. The van der Waals surface area contributed by atoms with Gasteiger partial charge in [-0.15, -0.1) is 0 Å². The highest BCUT2D eigenvalue weighted by Crippen LogP contribution is 2.33. The average Bonchev–Trinajstić information content (AvgIpc) is 2.46. The van der Waals surface area contributed by atoms with Gasteiger partial charge in [-0.05, 0) is 32.7 Å². The van der Waals surface area contributed by atoms with Crippen molar-refractivity contribution in [1.82, 2.24) is 4.90 Å². The normalized spacial score (nSPS) is 39.1. The molecule has 0 amide bonds. The van der Waals surface area contributed by atoms with Crippen molar-refractivity contribution >= 4 is 9.84 Å². The Bertz CT molecular complexity index is 369. The molecule has 17 heavy (non-hydrogen) atoms. The van der Waals surface area contributed by atoms with E-state index in [0.29, 0.717) is 18.3 Å². The molecule has 2 heterocycles. The van der Waals surface area contributed by atoms with Crippen molar-refractivity contribution in [2.75, 3.05) is 24.6 Å².